The van der Waals surface area contributed by atoms with Gasteiger partial charge < -0.3 is 9.40 Å². The van der Waals surface area contributed by atoms with E-state index in [2.05, 4.69) is 15.1 Å². The number of hydrogen-bond donors (Lipinski definition) is 0. The average Bonchev–Trinajstić information content (AvgIpc) is 3.01. The molecule has 0 fully saturated rings. The third kappa shape index (κ3) is 2.36. The highest BCUT2D eigenvalue weighted by Gasteiger charge is 2.20. The molecule has 0 saturated carbocycles. The van der Waals surface area contributed by atoms with E-state index in [1.165, 1.54) is 0 Å². The van der Waals surface area contributed by atoms with Crippen LogP contribution in [0.2, 0.25) is 0 Å². The van der Waals surface area contributed by atoms with Gasteiger partial charge in [0, 0.05) is 18.8 Å². The van der Waals surface area contributed by atoms with E-state index in [9.17, 15) is 0 Å². The quantitative estimate of drug-likeness (QED) is 0.853. The number of oxime groups is 1. The minimum atomic E-state index is -0.0108. The topological polar surface area (TPSA) is 52.3 Å². The molecule has 3 heterocycles. The summed E-state index contributed by atoms with van der Waals surface area (Å²) in [5, 5.41) is 4.23. The first-order chi connectivity index (χ1) is 8.81. The van der Waals surface area contributed by atoms with Crippen LogP contribution in [0.4, 0.5) is 0 Å². The first kappa shape index (κ1) is 11.2. The van der Waals surface area contributed by atoms with Crippen molar-refractivity contribution in [3.63, 3.8) is 0 Å². The van der Waals surface area contributed by atoms with Crippen LogP contribution in [-0.2, 0) is 11.4 Å². The first-order valence-corrected chi connectivity index (χ1v) is 6.00. The van der Waals surface area contributed by atoms with Crippen LogP contribution in [0.15, 0.2) is 42.1 Å². The van der Waals surface area contributed by atoms with Crippen LogP contribution in [0.1, 0.15) is 6.42 Å². The lowest BCUT2D eigenvalue weighted by molar-refractivity contribution is 0.0725. The first-order valence-electron chi connectivity index (χ1n) is 5.62. The third-order valence-corrected chi connectivity index (χ3v) is 2.90. The summed E-state index contributed by atoms with van der Waals surface area (Å²) >= 11 is 5.76. The molecule has 0 bridgehead atoms. The average molecular weight is 263 g/mol. The lowest BCUT2D eigenvalue weighted by Crippen LogP contribution is -2.14. The summed E-state index contributed by atoms with van der Waals surface area (Å²) in [6.07, 6.45) is 6.10. The Morgan fingerprint density at radius 3 is 3.00 bits per heavy atom. The Hall–Kier alpha value is -1.88. The van der Waals surface area contributed by atoms with E-state index >= 15 is 0 Å². The van der Waals surface area contributed by atoms with Crippen molar-refractivity contribution >= 4 is 16.8 Å². The zero-order valence-corrected chi connectivity index (χ0v) is 10.3. The number of halogens is 1. The number of nitrogens with zero attached hydrogens (tertiary/aromatic N) is 4. The lowest BCUT2D eigenvalue weighted by Gasteiger charge is -2.07. The van der Waals surface area contributed by atoms with Gasteiger partial charge >= 0.3 is 0 Å². The normalized spacial score (nSPS) is 18.5. The van der Waals surface area contributed by atoms with Gasteiger partial charge in [-0.05, 0) is 12.1 Å². The van der Waals surface area contributed by atoms with E-state index in [0.29, 0.717) is 18.1 Å². The van der Waals surface area contributed by atoms with Gasteiger partial charge in [-0.3, -0.25) is 4.98 Å². The van der Waals surface area contributed by atoms with Crippen molar-refractivity contribution in [1.82, 2.24) is 14.5 Å². The maximum absolute atomic E-state index is 5.76. The summed E-state index contributed by atoms with van der Waals surface area (Å²) in [4.78, 5) is 13.8. The molecule has 1 aliphatic heterocycles. The molecule has 0 saturated heterocycles. The molecule has 0 N–H and O–H groups in total. The van der Waals surface area contributed by atoms with E-state index in [4.69, 9.17) is 16.4 Å². The summed E-state index contributed by atoms with van der Waals surface area (Å²) in [5.74, 6) is 0. The molecule has 0 radical (unpaired) electrons. The molecule has 0 aromatic carbocycles. The van der Waals surface area contributed by atoms with Crippen molar-refractivity contribution in [3.8, 4) is 11.4 Å². The third-order valence-electron chi connectivity index (χ3n) is 2.67. The fraction of sp³-hybridized carbons (Fsp3) is 0.250. The number of aromatic nitrogens is 3. The number of rotatable bonds is 3. The second-order valence-electron chi connectivity index (χ2n) is 4.07. The molecule has 0 aliphatic carbocycles. The van der Waals surface area contributed by atoms with Gasteiger partial charge in [0.2, 0.25) is 0 Å². The Bertz CT molecular complexity index is 566. The van der Waals surface area contributed by atoms with E-state index in [1.54, 1.807) is 12.5 Å². The molecule has 2 aromatic heterocycles. The smallest absolute Gasteiger partial charge is 0.151 e. The second-order valence-corrected chi connectivity index (χ2v) is 4.51. The molecule has 1 unspecified atom stereocenters. The highest BCUT2D eigenvalue weighted by atomic mass is 35.5. The van der Waals surface area contributed by atoms with Crippen molar-refractivity contribution in [3.05, 3.63) is 36.9 Å². The van der Waals surface area contributed by atoms with Gasteiger partial charge in [0.15, 0.2) is 6.10 Å². The van der Waals surface area contributed by atoms with Gasteiger partial charge in [0.25, 0.3) is 0 Å². The van der Waals surface area contributed by atoms with Gasteiger partial charge in [0.05, 0.1) is 18.6 Å². The minimum Gasteiger partial charge on any atom is -0.389 e. The standard InChI is InChI=1S/C12H11ClN4O/c13-12-5-9(18-16-12)6-17-7-11(15-8-17)10-3-1-2-4-14-10/h1-4,7-9H,5-6H2. The molecule has 18 heavy (non-hydrogen) atoms. The summed E-state index contributed by atoms with van der Waals surface area (Å²) in [7, 11) is 0. The Morgan fingerprint density at radius 2 is 2.28 bits per heavy atom. The molecule has 0 amide bonds. The highest BCUT2D eigenvalue weighted by molar-refractivity contribution is 6.65. The zero-order valence-electron chi connectivity index (χ0n) is 9.53. The number of imidazole rings is 1. The summed E-state index contributed by atoms with van der Waals surface area (Å²) in [5.41, 5.74) is 1.71. The summed E-state index contributed by atoms with van der Waals surface area (Å²) < 4.78 is 1.96. The fourth-order valence-electron chi connectivity index (χ4n) is 1.83. The number of pyridine rings is 1. The predicted molar refractivity (Wildman–Crippen MR) is 68.2 cm³/mol. The second kappa shape index (κ2) is 4.78. The van der Waals surface area contributed by atoms with Crippen LogP contribution in [0.25, 0.3) is 11.4 Å². The molecule has 6 heteroatoms. The van der Waals surface area contributed by atoms with Crippen LogP contribution in [0.3, 0.4) is 0 Å². The van der Waals surface area contributed by atoms with Crippen LogP contribution < -0.4 is 0 Å². The van der Waals surface area contributed by atoms with Crippen molar-refractivity contribution in [1.29, 1.82) is 0 Å². The van der Waals surface area contributed by atoms with Crippen molar-refractivity contribution in [2.45, 2.75) is 19.1 Å². The fourth-order valence-corrected chi connectivity index (χ4v) is 2.05. The Balaban J connectivity index is 1.71. The van der Waals surface area contributed by atoms with Crippen molar-refractivity contribution in [2.75, 3.05) is 0 Å². The highest BCUT2D eigenvalue weighted by Crippen LogP contribution is 2.17. The Kier molecular flexibility index (Phi) is 2.98. The molecular weight excluding hydrogens is 252 g/mol. The molecule has 92 valence electrons. The largest absolute Gasteiger partial charge is 0.389 e. The molecule has 5 nitrogen and oxygen atoms in total. The van der Waals surface area contributed by atoms with E-state index in [-0.39, 0.29) is 6.10 Å². The SMILES string of the molecule is ClC1=NOC(Cn2cnc(-c3ccccn3)c2)C1. The van der Waals surface area contributed by atoms with Crippen molar-refractivity contribution in [2.24, 2.45) is 5.16 Å². The van der Waals surface area contributed by atoms with E-state index in [0.717, 1.165) is 11.4 Å². The molecule has 1 aliphatic rings. The number of hydrogen-bond acceptors (Lipinski definition) is 4. The van der Waals surface area contributed by atoms with Gasteiger partial charge in [-0.15, -0.1) is 0 Å². The zero-order chi connectivity index (χ0) is 12.4. The maximum Gasteiger partial charge on any atom is 0.151 e. The molecule has 1 atom stereocenters. The van der Waals surface area contributed by atoms with Crippen molar-refractivity contribution < 1.29 is 4.84 Å². The predicted octanol–water partition coefficient (Wildman–Crippen LogP) is 2.29. The Morgan fingerprint density at radius 1 is 1.33 bits per heavy atom. The molecule has 2 aromatic rings. The monoisotopic (exact) mass is 262 g/mol. The Labute approximate surface area is 109 Å². The van der Waals surface area contributed by atoms with E-state index in [1.807, 2.05) is 29.0 Å². The van der Waals surface area contributed by atoms with Gasteiger partial charge in [-0.1, -0.05) is 22.8 Å². The van der Waals surface area contributed by atoms with Crippen LogP contribution in [0.5, 0.6) is 0 Å². The summed E-state index contributed by atoms with van der Waals surface area (Å²) in [6, 6.07) is 5.75. The minimum absolute atomic E-state index is 0.0108. The van der Waals surface area contributed by atoms with Crippen LogP contribution >= 0.6 is 11.6 Å². The van der Waals surface area contributed by atoms with Crippen LogP contribution in [-0.4, -0.2) is 25.8 Å². The van der Waals surface area contributed by atoms with E-state index < -0.39 is 0 Å². The maximum atomic E-state index is 5.76. The van der Waals surface area contributed by atoms with Gasteiger partial charge in [-0.25, -0.2) is 4.98 Å². The summed E-state index contributed by atoms with van der Waals surface area (Å²) in [6.45, 7) is 0.680. The van der Waals surface area contributed by atoms with Crippen LogP contribution in [0, 0.1) is 0 Å². The molecule has 0 spiro atoms. The molecule has 3 rings (SSSR count). The molecular formula is C12H11ClN4O. The van der Waals surface area contributed by atoms with Gasteiger partial charge in [-0.2, -0.15) is 0 Å². The lowest BCUT2D eigenvalue weighted by atomic mass is 10.2. The van der Waals surface area contributed by atoms with Gasteiger partial charge in [0.1, 0.15) is 10.9 Å².